The molecular formula is C29H25N9O. The Bertz CT molecular complexity index is 1700. The van der Waals surface area contributed by atoms with Crippen molar-refractivity contribution in [2.24, 2.45) is 0 Å². The average molecular weight is 516 g/mol. The molecule has 4 aromatic heterocycles. The van der Waals surface area contributed by atoms with Gasteiger partial charge < -0.3 is 10.6 Å². The van der Waals surface area contributed by atoms with Gasteiger partial charge in [0.05, 0.1) is 16.7 Å². The molecule has 0 saturated carbocycles. The zero-order valence-electron chi connectivity index (χ0n) is 21.1. The number of aromatic nitrogens is 5. The Morgan fingerprint density at radius 2 is 1.72 bits per heavy atom. The number of nitrogen functional groups attached to an aromatic ring is 1. The Morgan fingerprint density at radius 3 is 2.49 bits per heavy atom. The van der Waals surface area contributed by atoms with E-state index in [1.54, 1.807) is 29.6 Å². The average Bonchev–Trinajstić information content (AvgIpc) is 3.37. The van der Waals surface area contributed by atoms with Crippen molar-refractivity contribution in [1.82, 2.24) is 34.3 Å². The second kappa shape index (κ2) is 10.3. The molecule has 1 saturated heterocycles. The van der Waals surface area contributed by atoms with E-state index in [1.165, 1.54) is 11.8 Å². The molecule has 0 unspecified atom stereocenters. The Morgan fingerprint density at radius 1 is 0.949 bits per heavy atom. The van der Waals surface area contributed by atoms with Crippen LogP contribution in [0.3, 0.4) is 0 Å². The molecule has 0 spiro atoms. The van der Waals surface area contributed by atoms with Gasteiger partial charge in [-0.05, 0) is 48.0 Å². The van der Waals surface area contributed by atoms with E-state index in [9.17, 15) is 10.1 Å². The molecule has 1 aromatic carbocycles. The van der Waals surface area contributed by atoms with Crippen LogP contribution in [0.1, 0.15) is 21.5 Å². The summed E-state index contributed by atoms with van der Waals surface area (Å²) in [6.07, 6.45) is 6.40. The van der Waals surface area contributed by atoms with Gasteiger partial charge in [-0.25, -0.2) is 15.0 Å². The normalized spacial score (nSPS) is 13.9. The van der Waals surface area contributed by atoms with Gasteiger partial charge in [0.2, 0.25) is 0 Å². The fraction of sp³-hybridized carbons (Fsp3) is 0.172. The fourth-order valence-electron chi connectivity index (χ4n) is 4.90. The third-order valence-electron chi connectivity index (χ3n) is 6.93. The number of carbonyl (C=O) groups excluding carboxylic acids is 1. The maximum Gasteiger partial charge on any atom is 0.255 e. The fourth-order valence-corrected chi connectivity index (χ4v) is 4.90. The zero-order valence-corrected chi connectivity index (χ0v) is 21.1. The first-order valence-corrected chi connectivity index (χ1v) is 12.6. The Hall–Kier alpha value is -5.14. The van der Waals surface area contributed by atoms with Crippen molar-refractivity contribution in [1.29, 1.82) is 5.26 Å². The van der Waals surface area contributed by atoms with E-state index in [0.717, 1.165) is 42.0 Å². The molecule has 0 bridgehead atoms. The highest BCUT2D eigenvalue weighted by Gasteiger charge is 2.24. The lowest BCUT2D eigenvalue weighted by Crippen LogP contribution is -2.48. The van der Waals surface area contributed by atoms with Crippen LogP contribution in [-0.2, 0) is 6.54 Å². The molecule has 2 N–H and O–H groups in total. The molecule has 1 fully saturated rings. The van der Waals surface area contributed by atoms with Gasteiger partial charge in [0.25, 0.3) is 5.91 Å². The number of nitrogens with zero attached hydrogens (tertiary/aromatic N) is 8. The summed E-state index contributed by atoms with van der Waals surface area (Å²) in [4.78, 5) is 34.6. The zero-order chi connectivity index (χ0) is 26.8. The van der Waals surface area contributed by atoms with E-state index in [2.05, 4.69) is 50.2 Å². The van der Waals surface area contributed by atoms with Crippen molar-refractivity contribution < 1.29 is 4.79 Å². The van der Waals surface area contributed by atoms with Gasteiger partial charge in [0, 0.05) is 63.2 Å². The minimum Gasteiger partial charge on any atom is -0.383 e. The number of imidazole rings is 1. The van der Waals surface area contributed by atoms with Gasteiger partial charge in [-0.2, -0.15) is 5.26 Å². The predicted octanol–water partition coefficient (Wildman–Crippen LogP) is 3.29. The minimum atomic E-state index is -0.121. The number of nitriles is 1. The van der Waals surface area contributed by atoms with E-state index in [4.69, 9.17) is 10.7 Å². The largest absolute Gasteiger partial charge is 0.383 e. The molecule has 1 amide bonds. The molecule has 10 heteroatoms. The lowest BCUT2D eigenvalue weighted by atomic mass is 10.1. The van der Waals surface area contributed by atoms with Crippen molar-refractivity contribution >= 4 is 22.9 Å². The van der Waals surface area contributed by atoms with Crippen LogP contribution in [0.5, 0.6) is 0 Å². The number of nitrogens with two attached hydrogens (primary N) is 1. The first kappa shape index (κ1) is 24.2. The number of rotatable bonds is 5. The van der Waals surface area contributed by atoms with Crippen molar-refractivity contribution in [2.45, 2.75) is 6.54 Å². The summed E-state index contributed by atoms with van der Waals surface area (Å²) < 4.78 is 2.01. The topological polar surface area (TPSA) is 130 Å². The van der Waals surface area contributed by atoms with Crippen LogP contribution in [0.25, 0.3) is 28.2 Å². The van der Waals surface area contributed by atoms with Crippen molar-refractivity contribution in [2.75, 3.05) is 31.9 Å². The summed E-state index contributed by atoms with van der Waals surface area (Å²) in [6.45, 7) is 3.48. The van der Waals surface area contributed by atoms with Crippen LogP contribution in [-0.4, -0.2) is 66.4 Å². The summed E-state index contributed by atoms with van der Waals surface area (Å²) in [5.74, 6) is 0.983. The summed E-state index contributed by atoms with van der Waals surface area (Å²) >= 11 is 0. The molecule has 10 nitrogen and oxygen atoms in total. The van der Waals surface area contributed by atoms with E-state index >= 15 is 0 Å². The van der Waals surface area contributed by atoms with E-state index in [-0.39, 0.29) is 5.91 Å². The van der Waals surface area contributed by atoms with Crippen LogP contribution < -0.4 is 5.73 Å². The molecule has 192 valence electrons. The standard InChI is InChI=1S/C29H25N9O/c30-17-21-18-32-12-9-23(21)29(39)37-15-13-36(14-16-37)19-20-5-7-22(8-6-20)38-27(24-3-1-10-33-26(24)31)35-25-4-2-11-34-28(25)38/h1-12,18H,13-16,19H2,(H2,31,33). The van der Waals surface area contributed by atoms with E-state index < -0.39 is 0 Å². The molecule has 1 aliphatic rings. The number of benzene rings is 1. The first-order valence-electron chi connectivity index (χ1n) is 12.6. The lowest BCUT2D eigenvalue weighted by Gasteiger charge is -2.35. The van der Waals surface area contributed by atoms with Crippen LogP contribution in [0.15, 0.2) is 79.4 Å². The van der Waals surface area contributed by atoms with Crippen molar-refractivity contribution in [3.8, 4) is 23.1 Å². The molecule has 6 rings (SSSR count). The van der Waals surface area contributed by atoms with E-state index in [0.29, 0.717) is 35.9 Å². The van der Waals surface area contributed by atoms with Crippen LogP contribution >= 0.6 is 0 Å². The maximum absolute atomic E-state index is 12.9. The van der Waals surface area contributed by atoms with Crippen LogP contribution in [0.2, 0.25) is 0 Å². The third-order valence-corrected chi connectivity index (χ3v) is 6.93. The molecule has 1 aliphatic heterocycles. The summed E-state index contributed by atoms with van der Waals surface area (Å²) in [7, 11) is 0. The number of piperazine rings is 1. The molecule has 5 aromatic rings. The first-order chi connectivity index (χ1) is 19.1. The second-order valence-corrected chi connectivity index (χ2v) is 9.32. The second-order valence-electron chi connectivity index (χ2n) is 9.32. The predicted molar refractivity (Wildman–Crippen MR) is 147 cm³/mol. The number of pyridine rings is 3. The van der Waals surface area contributed by atoms with Crippen LogP contribution in [0, 0.1) is 11.3 Å². The van der Waals surface area contributed by atoms with Crippen LogP contribution in [0.4, 0.5) is 5.82 Å². The van der Waals surface area contributed by atoms with Gasteiger partial charge in [-0.3, -0.25) is 19.2 Å². The van der Waals surface area contributed by atoms with Gasteiger partial charge in [0.15, 0.2) is 11.5 Å². The molecule has 0 aliphatic carbocycles. The molecular weight excluding hydrogens is 490 g/mol. The third kappa shape index (κ3) is 4.67. The molecule has 0 radical (unpaired) electrons. The van der Waals surface area contributed by atoms with E-state index in [1.807, 2.05) is 28.8 Å². The summed E-state index contributed by atoms with van der Waals surface area (Å²) in [5.41, 5.74) is 11.3. The number of fused-ring (bicyclic) bond motifs is 1. The summed E-state index contributed by atoms with van der Waals surface area (Å²) in [6, 6.07) is 19.6. The Balaban J connectivity index is 1.18. The quantitative estimate of drug-likeness (QED) is 0.377. The number of hydrogen-bond donors (Lipinski definition) is 1. The van der Waals surface area contributed by atoms with Crippen molar-refractivity contribution in [3.05, 3.63) is 96.1 Å². The lowest BCUT2D eigenvalue weighted by molar-refractivity contribution is 0.0628. The highest BCUT2D eigenvalue weighted by atomic mass is 16.2. The Labute approximate surface area is 225 Å². The molecule has 0 atom stereocenters. The smallest absolute Gasteiger partial charge is 0.255 e. The maximum atomic E-state index is 12.9. The van der Waals surface area contributed by atoms with Crippen molar-refractivity contribution in [3.63, 3.8) is 0 Å². The minimum absolute atomic E-state index is 0.121. The van der Waals surface area contributed by atoms with Gasteiger partial charge in [-0.1, -0.05) is 12.1 Å². The number of carbonyl (C=O) groups is 1. The SMILES string of the molecule is N#Cc1cnccc1C(=O)N1CCN(Cc2ccc(-n3c(-c4cccnc4N)nc4cccnc43)cc2)CC1. The molecule has 5 heterocycles. The number of hydrogen-bond acceptors (Lipinski definition) is 8. The number of anilines is 1. The highest BCUT2D eigenvalue weighted by molar-refractivity contribution is 5.96. The molecule has 39 heavy (non-hydrogen) atoms. The highest BCUT2D eigenvalue weighted by Crippen LogP contribution is 2.30. The van der Waals surface area contributed by atoms with Gasteiger partial charge in [-0.15, -0.1) is 0 Å². The number of amides is 1. The van der Waals surface area contributed by atoms with Gasteiger partial charge in [0.1, 0.15) is 17.4 Å². The van der Waals surface area contributed by atoms with Gasteiger partial charge >= 0.3 is 0 Å². The monoisotopic (exact) mass is 515 g/mol. The Kier molecular flexibility index (Phi) is 6.40. The summed E-state index contributed by atoms with van der Waals surface area (Å²) in [5, 5.41) is 9.30.